The number of carboxylic acid groups (broad SMARTS) is 1. The molecule has 0 aliphatic heterocycles. The van der Waals surface area contributed by atoms with Gasteiger partial charge in [-0.05, 0) is 12.3 Å². The summed E-state index contributed by atoms with van der Waals surface area (Å²) in [5.74, 6) is -0.930. The fourth-order valence-corrected chi connectivity index (χ4v) is 1.61. The Morgan fingerprint density at radius 1 is 1.35 bits per heavy atom. The molecule has 1 atom stereocenters. The summed E-state index contributed by atoms with van der Waals surface area (Å²) in [4.78, 5) is 27.2. The van der Waals surface area contributed by atoms with Crippen LogP contribution in [0, 0.1) is 5.92 Å². The number of carbonyl (C=O) groups is 2. The minimum Gasteiger partial charge on any atom is -0.480 e. The van der Waals surface area contributed by atoms with Gasteiger partial charge in [0.25, 0.3) is 5.91 Å². The number of aliphatic carboxylic acids is 1. The molecule has 1 aromatic heterocycles. The molecule has 7 nitrogen and oxygen atoms in total. The van der Waals surface area contributed by atoms with E-state index in [0.717, 1.165) is 0 Å². The zero-order valence-electron chi connectivity index (χ0n) is 12.5. The molecule has 3 N–H and O–H groups in total. The van der Waals surface area contributed by atoms with Crippen LogP contribution in [0.1, 0.15) is 57.5 Å². The molecule has 0 saturated carbocycles. The minimum atomic E-state index is -1.06. The van der Waals surface area contributed by atoms with E-state index >= 15 is 0 Å². The minimum absolute atomic E-state index is 0.0371. The Hall–Kier alpha value is -1.92. The monoisotopic (exact) mass is 282 g/mol. The number of carboxylic acids is 1. The van der Waals surface area contributed by atoms with Gasteiger partial charge in [0.1, 0.15) is 11.9 Å². The number of nitrogens with one attached hydrogen (secondary N) is 2. The van der Waals surface area contributed by atoms with E-state index in [9.17, 15) is 9.59 Å². The molecule has 1 aromatic rings. The van der Waals surface area contributed by atoms with Gasteiger partial charge < -0.3 is 10.4 Å². The van der Waals surface area contributed by atoms with Gasteiger partial charge in [0.15, 0.2) is 0 Å². The lowest BCUT2D eigenvalue weighted by molar-refractivity contribution is -0.139. The highest BCUT2D eigenvalue weighted by Crippen LogP contribution is 2.17. The van der Waals surface area contributed by atoms with E-state index in [1.165, 1.54) is 0 Å². The van der Waals surface area contributed by atoms with Crippen molar-refractivity contribution in [3.8, 4) is 0 Å². The van der Waals surface area contributed by atoms with Crippen LogP contribution < -0.4 is 5.32 Å². The fourth-order valence-electron chi connectivity index (χ4n) is 1.61. The van der Waals surface area contributed by atoms with Crippen molar-refractivity contribution in [2.24, 2.45) is 5.92 Å². The van der Waals surface area contributed by atoms with E-state index in [4.69, 9.17) is 5.11 Å². The number of amides is 1. The first-order chi connectivity index (χ1) is 9.11. The number of aromatic nitrogens is 3. The van der Waals surface area contributed by atoms with Crippen molar-refractivity contribution in [3.05, 3.63) is 11.6 Å². The number of hydrogen-bond donors (Lipinski definition) is 3. The van der Waals surface area contributed by atoms with Crippen molar-refractivity contribution >= 4 is 11.9 Å². The van der Waals surface area contributed by atoms with Crippen molar-refractivity contribution in [2.45, 2.75) is 52.5 Å². The van der Waals surface area contributed by atoms with Crippen LogP contribution in [0.5, 0.6) is 0 Å². The smallest absolute Gasteiger partial charge is 0.326 e. The molecule has 0 aromatic carbocycles. The molecule has 112 valence electrons. The van der Waals surface area contributed by atoms with Crippen LogP contribution in [-0.4, -0.2) is 38.2 Å². The van der Waals surface area contributed by atoms with Crippen LogP contribution in [0.4, 0.5) is 0 Å². The highest BCUT2D eigenvalue weighted by Gasteiger charge is 2.25. The lowest BCUT2D eigenvalue weighted by Gasteiger charge is -2.15. The number of rotatable bonds is 5. The Balaban J connectivity index is 2.79. The van der Waals surface area contributed by atoms with Crippen LogP contribution in [0.15, 0.2) is 0 Å². The van der Waals surface area contributed by atoms with E-state index in [1.807, 2.05) is 34.6 Å². The van der Waals surface area contributed by atoms with Crippen LogP contribution >= 0.6 is 0 Å². The third kappa shape index (κ3) is 4.32. The molecular weight excluding hydrogens is 260 g/mol. The summed E-state index contributed by atoms with van der Waals surface area (Å²) in [5, 5.41) is 18.1. The summed E-state index contributed by atoms with van der Waals surface area (Å²) in [6.45, 7) is 9.61. The predicted octanol–water partition coefficient (Wildman–Crippen LogP) is 1.33. The number of nitrogens with zero attached hydrogens (tertiary/aromatic N) is 2. The van der Waals surface area contributed by atoms with Crippen LogP contribution in [0.3, 0.4) is 0 Å². The SMILES string of the molecule is CC(C)C[C@@H](NC(=O)c1n[nH]c(C(C)(C)C)n1)C(=O)O. The summed E-state index contributed by atoms with van der Waals surface area (Å²) < 4.78 is 0. The van der Waals surface area contributed by atoms with Crippen molar-refractivity contribution in [3.63, 3.8) is 0 Å². The van der Waals surface area contributed by atoms with Crippen LogP contribution in [0.2, 0.25) is 0 Å². The largest absolute Gasteiger partial charge is 0.480 e. The number of H-pyrrole nitrogens is 1. The lowest BCUT2D eigenvalue weighted by atomic mass is 9.96. The maximum Gasteiger partial charge on any atom is 0.326 e. The predicted molar refractivity (Wildman–Crippen MR) is 73.4 cm³/mol. The highest BCUT2D eigenvalue weighted by atomic mass is 16.4. The summed E-state index contributed by atoms with van der Waals surface area (Å²) in [6.07, 6.45) is 0.359. The number of carbonyl (C=O) groups excluding carboxylic acids is 1. The molecule has 1 amide bonds. The van der Waals surface area contributed by atoms with Crippen LogP contribution in [-0.2, 0) is 10.2 Å². The van der Waals surface area contributed by atoms with Crippen molar-refractivity contribution in [1.82, 2.24) is 20.5 Å². The van der Waals surface area contributed by atoms with Gasteiger partial charge in [-0.25, -0.2) is 9.78 Å². The van der Waals surface area contributed by atoms with E-state index < -0.39 is 17.9 Å². The van der Waals surface area contributed by atoms with Gasteiger partial charge in [-0.3, -0.25) is 9.89 Å². The van der Waals surface area contributed by atoms with Gasteiger partial charge in [-0.2, -0.15) is 0 Å². The molecule has 0 spiro atoms. The number of hydrogen-bond acceptors (Lipinski definition) is 4. The molecule has 0 bridgehead atoms. The molecule has 20 heavy (non-hydrogen) atoms. The zero-order chi connectivity index (χ0) is 15.5. The maximum atomic E-state index is 12.0. The van der Waals surface area contributed by atoms with E-state index in [0.29, 0.717) is 12.2 Å². The molecule has 0 saturated heterocycles. The second-order valence-electron chi connectivity index (χ2n) is 6.25. The van der Waals surface area contributed by atoms with Gasteiger partial charge in [0, 0.05) is 5.41 Å². The Bertz CT molecular complexity index is 488. The normalized spacial score (nSPS) is 13.3. The molecule has 0 fully saturated rings. The molecule has 0 radical (unpaired) electrons. The molecular formula is C13H22N4O3. The first-order valence-electron chi connectivity index (χ1n) is 6.57. The van der Waals surface area contributed by atoms with E-state index in [2.05, 4.69) is 20.5 Å². The summed E-state index contributed by atoms with van der Waals surface area (Å²) in [7, 11) is 0. The van der Waals surface area contributed by atoms with E-state index in [-0.39, 0.29) is 17.2 Å². The molecule has 1 heterocycles. The first kappa shape index (κ1) is 16.1. The third-order valence-electron chi connectivity index (χ3n) is 2.71. The Labute approximate surface area is 118 Å². The van der Waals surface area contributed by atoms with E-state index in [1.54, 1.807) is 0 Å². The Morgan fingerprint density at radius 2 is 1.95 bits per heavy atom. The average Bonchev–Trinajstić information content (AvgIpc) is 2.75. The second-order valence-corrected chi connectivity index (χ2v) is 6.25. The zero-order valence-corrected chi connectivity index (χ0v) is 12.5. The molecule has 1 rings (SSSR count). The maximum absolute atomic E-state index is 12.0. The van der Waals surface area contributed by atoms with Gasteiger partial charge in [0.05, 0.1) is 0 Å². The van der Waals surface area contributed by atoms with Gasteiger partial charge >= 0.3 is 5.97 Å². The molecule has 0 unspecified atom stereocenters. The standard InChI is InChI=1S/C13H22N4O3/c1-7(2)6-8(11(19)20)14-10(18)9-15-12(17-16-9)13(3,4)5/h7-8H,6H2,1-5H3,(H,14,18)(H,19,20)(H,15,16,17)/t8-/m1/s1. The molecule has 7 heteroatoms. The second kappa shape index (κ2) is 6.02. The molecule has 0 aliphatic rings. The van der Waals surface area contributed by atoms with Crippen molar-refractivity contribution < 1.29 is 14.7 Å². The summed E-state index contributed by atoms with van der Waals surface area (Å²) in [6, 6.07) is -0.931. The van der Waals surface area contributed by atoms with Gasteiger partial charge in [0.2, 0.25) is 5.82 Å². The fraction of sp³-hybridized carbons (Fsp3) is 0.692. The van der Waals surface area contributed by atoms with Crippen molar-refractivity contribution in [1.29, 1.82) is 0 Å². The van der Waals surface area contributed by atoms with Crippen molar-refractivity contribution in [2.75, 3.05) is 0 Å². The Morgan fingerprint density at radius 3 is 2.35 bits per heavy atom. The van der Waals surface area contributed by atoms with Crippen LogP contribution in [0.25, 0.3) is 0 Å². The highest BCUT2D eigenvalue weighted by molar-refractivity contribution is 5.93. The summed E-state index contributed by atoms with van der Waals surface area (Å²) in [5.41, 5.74) is -0.254. The average molecular weight is 282 g/mol. The Kier molecular flexibility index (Phi) is 4.86. The topological polar surface area (TPSA) is 108 Å². The molecule has 0 aliphatic carbocycles. The lowest BCUT2D eigenvalue weighted by Crippen LogP contribution is -2.42. The third-order valence-corrected chi connectivity index (χ3v) is 2.71. The number of aromatic amines is 1. The van der Waals surface area contributed by atoms with Gasteiger partial charge in [-0.1, -0.05) is 34.6 Å². The quantitative estimate of drug-likeness (QED) is 0.755. The summed E-state index contributed by atoms with van der Waals surface area (Å²) >= 11 is 0. The first-order valence-corrected chi connectivity index (χ1v) is 6.57. The van der Waals surface area contributed by atoms with Gasteiger partial charge in [-0.15, -0.1) is 5.10 Å².